The largest absolute Gasteiger partial charge is 0.256 e. The topological polar surface area (TPSA) is 51.6 Å². The van der Waals surface area contributed by atoms with Crippen molar-refractivity contribution in [1.82, 2.24) is 19.9 Å². The predicted molar refractivity (Wildman–Crippen MR) is 189 cm³/mol. The van der Waals surface area contributed by atoms with Gasteiger partial charge in [0, 0.05) is 28.3 Å². The zero-order chi connectivity index (χ0) is 30.5. The molecule has 2 aromatic heterocycles. The number of rotatable bonds is 4. The molecule has 0 saturated carbocycles. The van der Waals surface area contributed by atoms with Gasteiger partial charge < -0.3 is 0 Å². The Bertz CT molecular complexity index is 2580. The summed E-state index contributed by atoms with van der Waals surface area (Å²) in [4.78, 5) is 19.7. The number of fused-ring (bicyclic) bond motifs is 6. The summed E-state index contributed by atoms with van der Waals surface area (Å²) in [6.45, 7) is 0. The lowest BCUT2D eigenvalue weighted by atomic mass is 9.97. The molecule has 9 aromatic rings. The van der Waals surface area contributed by atoms with Crippen LogP contribution in [0.5, 0.6) is 0 Å². The second kappa shape index (κ2) is 10.7. The molecule has 0 amide bonds. The molecule has 0 fully saturated rings. The van der Waals surface area contributed by atoms with Gasteiger partial charge in [-0.05, 0) is 73.8 Å². The Morgan fingerprint density at radius 3 is 1.63 bits per heavy atom. The van der Waals surface area contributed by atoms with Crippen LogP contribution in [0, 0.1) is 0 Å². The third-order valence-corrected chi connectivity index (χ3v) is 8.73. The van der Waals surface area contributed by atoms with Crippen LogP contribution < -0.4 is 0 Å². The smallest absolute Gasteiger partial charge is 0.164 e. The standard InChI is InChI=1S/C42H26N4/c1-3-8-27(9-4-1)31-16-13-28-14-17-32(25-34(28)24-31)41-44-40(30-10-5-2-6-11-30)45-42(46-41)33-18-15-29-19-20-35-36(38(29)26-33)21-22-39-37(35)12-7-23-43-39/h1-26H. The molecule has 0 aliphatic carbocycles. The summed E-state index contributed by atoms with van der Waals surface area (Å²) in [6, 6.07) is 52.9. The summed E-state index contributed by atoms with van der Waals surface area (Å²) >= 11 is 0. The predicted octanol–water partition coefficient (Wildman–Crippen LogP) is 10.5. The molecule has 2 heterocycles. The minimum Gasteiger partial charge on any atom is -0.256 e. The highest BCUT2D eigenvalue weighted by molar-refractivity contribution is 6.17. The van der Waals surface area contributed by atoms with Crippen LogP contribution in [0.4, 0.5) is 0 Å². The lowest BCUT2D eigenvalue weighted by molar-refractivity contribution is 1.08. The van der Waals surface area contributed by atoms with Crippen LogP contribution in [-0.4, -0.2) is 19.9 Å². The van der Waals surface area contributed by atoms with Gasteiger partial charge in [-0.25, -0.2) is 15.0 Å². The van der Waals surface area contributed by atoms with Gasteiger partial charge in [0.05, 0.1) is 5.52 Å². The summed E-state index contributed by atoms with van der Waals surface area (Å²) in [6.07, 6.45) is 1.84. The maximum Gasteiger partial charge on any atom is 0.164 e. The van der Waals surface area contributed by atoms with E-state index in [1.807, 2.05) is 48.7 Å². The number of benzene rings is 7. The third-order valence-electron chi connectivity index (χ3n) is 8.73. The fourth-order valence-corrected chi connectivity index (χ4v) is 6.38. The SMILES string of the molecule is c1ccc(-c2ccc3ccc(-c4nc(-c5ccccc5)nc(-c5ccc6ccc7c8cccnc8ccc7c6c5)n4)cc3c2)cc1. The number of pyridine rings is 1. The first-order chi connectivity index (χ1) is 22.8. The van der Waals surface area contributed by atoms with Gasteiger partial charge in [-0.2, -0.15) is 0 Å². The van der Waals surface area contributed by atoms with Gasteiger partial charge in [-0.3, -0.25) is 4.98 Å². The second-order valence-electron chi connectivity index (χ2n) is 11.5. The number of aromatic nitrogens is 4. The van der Waals surface area contributed by atoms with Gasteiger partial charge in [-0.15, -0.1) is 0 Å². The van der Waals surface area contributed by atoms with E-state index in [9.17, 15) is 0 Å². The summed E-state index contributed by atoms with van der Waals surface area (Å²) in [7, 11) is 0. The van der Waals surface area contributed by atoms with E-state index in [1.54, 1.807) is 0 Å². The van der Waals surface area contributed by atoms with E-state index >= 15 is 0 Å². The van der Waals surface area contributed by atoms with E-state index in [2.05, 4.69) is 114 Å². The van der Waals surface area contributed by atoms with Crippen molar-refractivity contribution in [2.24, 2.45) is 0 Å². The summed E-state index contributed by atoms with van der Waals surface area (Å²) in [5.74, 6) is 1.93. The average Bonchev–Trinajstić information content (AvgIpc) is 3.14. The molecule has 4 nitrogen and oxygen atoms in total. The second-order valence-corrected chi connectivity index (χ2v) is 11.5. The van der Waals surface area contributed by atoms with Gasteiger partial charge in [0.2, 0.25) is 0 Å². The van der Waals surface area contributed by atoms with Crippen molar-refractivity contribution in [3.8, 4) is 45.3 Å². The normalized spacial score (nSPS) is 11.5. The van der Waals surface area contributed by atoms with Gasteiger partial charge in [0.15, 0.2) is 17.5 Å². The summed E-state index contributed by atoms with van der Waals surface area (Å²) in [5, 5.41) is 8.15. The van der Waals surface area contributed by atoms with E-state index < -0.39 is 0 Å². The van der Waals surface area contributed by atoms with Crippen LogP contribution in [-0.2, 0) is 0 Å². The first kappa shape index (κ1) is 26.2. The first-order valence-electron chi connectivity index (χ1n) is 15.4. The molecule has 0 aliphatic rings. The van der Waals surface area contributed by atoms with E-state index in [4.69, 9.17) is 15.0 Å². The zero-order valence-corrected chi connectivity index (χ0v) is 24.8. The van der Waals surface area contributed by atoms with Crippen molar-refractivity contribution < 1.29 is 0 Å². The van der Waals surface area contributed by atoms with E-state index in [1.165, 1.54) is 32.7 Å². The Morgan fingerprint density at radius 2 is 0.870 bits per heavy atom. The van der Waals surface area contributed by atoms with E-state index in [0.29, 0.717) is 17.5 Å². The Kier molecular flexibility index (Phi) is 6.10. The Hall–Kier alpha value is -6.26. The third kappa shape index (κ3) is 4.56. The molecule has 7 aromatic carbocycles. The van der Waals surface area contributed by atoms with E-state index in [-0.39, 0.29) is 0 Å². The van der Waals surface area contributed by atoms with Crippen molar-refractivity contribution in [2.45, 2.75) is 0 Å². The molecule has 0 radical (unpaired) electrons. The molecule has 9 rings (SSSR count). The summed E-state index contributed by atoms with van der Waals surface area (Å²) < 4.78 is 0. The minimum absolute atomic E-state index is 0.642. The van der Waals surface area contributed by atoms with Crippen molar-refractivity contribution in [3.63, 3.8) is 0 Å². The molecule has 0 saturated heterocycles. The lowest BCUT2D eigenvalue weighted by Crippen LogP contribution is -2.00. The van der Waals surface area contributed by atoms with Gasteiger partial charge in [0.25, 0.3) is 0 Å². The fourth-order valence-electron chi connectivity index (χ4n) is 6.38. The Balaban J connectivity index is 1.22. The Labute approximate surface area is 265 Å². The summed E-state index contributed by atoms with van der Waals surface area (Å²) in [5.41, 5.74) is 6.20. The zero-order valence-electron chi connectivity index (χ0n) is 24.8. The molecule has 0 spiro atoms. The fraction of sp³-hybridized carbons (Fsp3) is 0. The van der Waals surface area contributed by atoms with Crippen molar-refractivity contribution in [1.29, 1.82) is 0 Å². The molecule has 0 unspecified atom stereocenters. The maximum atomic E-state index is 5.09. The van der Waals surface area contributed by atoms with E-state index in [0.717, 1.165) is 38.4 Å². The minimum atomic E-state index is 0.642. The van der Waals surface area contributed by atoms with Crippen molar-refractivity contribution in [2.75, 3.05) is 0 Å². The molecule has 0 aliphatic heterocycles. The number of hydrogen-bond acceptors (Lipinski definition) is 4. The molecule has 4 heteroatoms. The molecular formula is C42H26N4. The van der Waals surface area contributed by atoms with Crippen LogP contribution in [0.15, 0.2) is 158 Å². The molecular weight excluding hydrogens is 560 g/mol. The lowest BCUT2D eigenvalue weighted by Gasteiger charge is -2.11. The van der Waals surface area contributed by atoms with Crippen LogP contribution in [0.3, 0.4) is 0 Å². The quantitative estimate of drug-likeness (QED) is 0.193. The highest BCUT2D eigenvalue weighted by Crippen LogP contribution is 2.34. The van der Waals surface area contributed by atoms with Crippen LogP contribution in [0.2, 0.25) is 0 Å². The van der Waals surface area contributed by atoms with Gasteiger partial charge >= 0.3 is 0 Å². The molecule has 0 atom stereocenters. The van der Waals surface area contributed by atoms with Gasteiger partial charge in [0.1, 0.15) is 0 Å². The molecule has 46 heavy (non-hydrogen) atoms. The number of hydrogen-bond donors (Lipinski definition) is 0. The molecule has 214 valence electrons. The van der Waals surface area contributed by atoms with Gasteiger partial charge in [-0.1, -0.05) is 121 Å². The van der Waals surface area contributed by atoms with Crippen molar-refractivity contribution in [3.05, 3.63) is 158 Å². The average molecular weight is 587 g/mol. The monoisotopic (exact) mass is 586 g/mol. The number of nitrogens with zero attached hydrogens (tertiary/aromatic N) is 4. The highest BCUT2D eigenvalue weighted by Gasteiger charge is 2.14. The van der Waals surface area contributed by atoms with Crippen LogP contribution >= 0.6 is 0 Å². The van der Waals surface area contributed by atoms with Crippen LogP contribution in [0.1, 0.15) is 0 Å². The molecule has 0 N–H and O–H groups in total. The Morgan fingerprint density at radius 1 is 0.304 bits per heavy atom. The highest BCUT2D eigenvalue weighted by atomic mass is 15.0. The molecule has 0 bridgehead atoms. The maximum absolute atomic E-state index is 5.09. The first-order valence-corrected chi connectivity index (χ1v) is 15.4. The van der Waals surface area contributed by atoms with Crippen LogP contribution in [0.25, 0.3) is 88.5 Å². The van der Waals surface area contributed by atoms with Crippen molar-refractivity contribution >= 4 is 43.2 Å².